The summed E-state index contributed by atoms with van der Waals surface area (Å²) in [4.78, 5) is 20.6. The van der Waals surface area contributed by atoms with Gasteiger partial charge in [0.15, 0.2) is 0 Å². The minimum Gasteiger partial charge on any atom is -0.472 e. The Kier molecular flexibility index (Phi) is 5.65. The van der Waals surface area contributed by atoms with Gasteiger partial charge in [0.1, 0.15) is 17.2 Å². The Bertz CT molecular complexity index is 1490. The molecule has 0 saturated heterocycles. The molecule has 0 fully saturated rings. The molecule has 0 bridgehead atoms. The fourth-order valence-electron chi connectivity index (χ4n) is 3.59. The number of benzene rings is 2. The maximum atomic E-state index is 11.8. The van der Waals surface area contributed by atoms with Crippen LogP contribution >= 0.6 is 11.6 Å². The van der Waals surface area contributed by atoms with E-state index in [1.165, 1.54) is 6.20 Å². The van der Waals surface area contributed by atoms with Crippen molar-refractivity contribution < 1.29 is 13.9 Å². The summed E-state index contributed by atoms with van der Waals surface area (Å²) in [5.74, 6) is 1.49. The molecule has 5 aromatic rings. The number of anilines is 2. The Hall–Kier alpha value is -4.30. The molecule has 0 aliphatic carbocycles. The van der Waals surface area contributed by atoms with Crippen molar-refractivity contribution in [2.75, 3.05) is 12.4 Å². The molecule has 0 aliphatic rings. The number of hydrogen-bond donors (Lipinski definition) is 2. The number of pyridine rings is 1. The smallest absolute Gasteiger partial charge is 0.269 e. The number of ether oxygens (including phenoxy) is 1. The van der Waals surface area contributed by atoms with Gasteiger partial charge in [0.25, 0.3) is 5.91 Å². The third kappa shape index (κ3) is 4.18. The highest BCUT2D eigenvalue weighted by Crippen LogP contribution is 2.33. The lowest BCUT2D eigenvalue weighted by Crippen LogP contribution is -2.18. The van der Waals surface area contributed by atoms with Crippen LogP contribution < -0.4 is 15.4 Å². The highest BCUT2D eigenvalue weighted by atomic mass is 35.5. The van der Waals surface area contributed by atoms with Gasteiger partial charge in [-0.3, -0.25) is 9.78 Å². The second kappa shape index (κ2) is 8.92. The van der Waals surface area contributed by atoms with Gasteiger partial charge in [0.2, 0.25) is 5.95 Å². The number of carbonyl (C=O) groups is 1. The van der Waals surface area contributed by atoms with Crippen molar-refractivity contribution in [2.45, 2.75) is 0 Å². The summed E-state index contributed by atoms with van der Waals surface area (Å²) >= 11 is 6.38. The van der Waals surface area contributed by atoms with Gasteiger partial charge in [-0.2, -0.15) is 0 Å². The minimum atomic E-state index is -0.278. The van der Waals surface area contributed by atoms with Crippen LogP contribution in [0.15, 0.2) is 77.7 Å². The van der Waals surface area contributed by atoms with Crippen LogP contribution in [0, 0.1) is 0 Å². The molecule has 170 valence electrons. The average molecular weight is 474 g/mol. The first-order chi connectivity index (χ1) is 16.5. The molecule has 3 aromatic heterocycles. The number of imidazole rings is 1. The van der Waals surface area contributed by atoms with Crippen LogP contribution in [0.25, 0.3) is 22.2 Å². The van der Waals surface area contributed by atoms with Crippen LogP contribution in [0.2, 0.25) is 5.02 Å². The minimum absolute atomic E-state index is 0.278. The van der Waals surface area contributed by atoms with Gasteiger partial charge in [0.05, 0.1) is 23.6 Å². The molecule has 0 spiro atoms. The van der Waals surface area contributed by atoms with E-state index in [0.29, 0.717) is 22.5 Å². The third-order valence-electron chi connectivity index (χ3n) is 5.33. The van der Waals surface area contributed by atoms with Gasteiger partial charge in [-0.1, -0.05) is 11.6 Å². The highest BCUT2D eigenvalue weighted by Gasteiger charge is 2.12. The summed E-state index contributed by atoms with van der Waals surface area (Å²) in [6, 6.07) is 16.5. The second-order valence-corrected chi connectivity index (χ2v) is 7.94. The molecular formula is C25H20ClN5O3. The zero-order chi connectivity index (χ0) is 23.7. The van der Waals surface area contributed by atoms with E-state index in [1.807, 2.05) is 54.1 Å². The van der Waals surface area contributed by atoms with Gasteiger partial charge in [-0.05, 0) is 42.5 Å². The van der Waals surface area contributed by atoms with E-state index in [9.17, 15) is 4.79 Å². The molecule has 8 nitrogen and oxygen atoms in total. The van der Waals surface area contributed by atoms with Crippen LogP contribution in [0.1, 0.15) is 10.5 Å². The first-order valence-electron chi connectivity index (χ1n) is 10.4. The number of aromatic nitrogens is 3. The van der Waals surface area contributed by atoms with Gasteiger partial charge in [0, 0.05) is 54.3 Å². The number of hydrogen-bond acceptors (Lipinski definition) is 6. The van der Waals surface area contributed by atoms with Crippen molar-refractivity contribution >= 4 is 40.2 Å². The number of nitrogens with one attached hydrogen (secondary N) is 2. The summed E-state index contributed by atoms with van der Waals surface area (Å²) in [6.07, 6.45) is 4.80. The number of nitrogens with zero attached hydrogens (tertiary/aromatic N) is 3. The molecular weight excluding hydrogens is 454 g/mol. The molecule has 0 unspecified atom stereocenters. The van der Waals surface area contributed by atoms with E-state index in [1.54, 1.807) is 31.7 Å². The van der Waals surface area contributed by atoms with Crippen molar-refractivity contribution in [1.82, 2.24) is 19.9 Å². The monoisotopic (exact) mass is 473 g/mol. The van der Waals surface area contributed by atoms with Gasteiger partial charge < -0.3 is 24.4 Å². The van der Waals surface area contributed by atoms with E-state index in [4.69, 9.17) is 25.7 Å². The van der Waals surface area contributed by atoms with E-state index < -0.39 is 0 Å². The Balaban J connectivity index is 1.41. The number of furan rings is 1. The van der Waals surface area contributed by atoms with Gasteiger partial charge >= 0.3 is 0 Å². The number of aryl methyl sites for hydroxylation is 1. The van der Waals surface area contributed by atoms with E-state index >= 15 is 0 Å². The van der Waals surface area contributed by atoms with Crippen molar-refractivity contribution in [2.24, 2.45) is 7.05 Å². The van der Waals surface area contributed by atoms with Crippen molar-refractivity contribution in [3.8, 4) is 22.6 Å². The number of carbonyl (C=O) groups excluding carboxylic acids is 1. The topological polar surface area (TPSA) is 94.2 Å². The molecule has 9 heteroatoms. The Morgan fingerprint density at radius 1 is 1.09 bits per heavy atom. The number of fused-ring (bicyclic) bond motifs is 1. The molecule has 0 saturated carbocycles. The van der Waals surface area contributed by atoms with E-state index in [-0.39, 0.29) is 11.6 Å². The third-order valence-corrected chi connectivity index (χ3v) is 5.66. The Morgan fingerprint density at radius 3 is 2.74 bits per heavy atom. The van der Waals surface area contributed by atoms with E-state index in [2.05, 4.69) is 15.6 Å². The van der Waals surface area contributed by atoms with Crippen LogP contribution in [-0.4, -0.2) is 27.5 Å². The van der Waals surface area contributed by atoms with Gasteiger partial charge in [-0.15, -0.1) is 0 Å². The molecule has 5 rings (SSSR count). The molecule has 34 heavy (non-hydrogen) atoms. The Labute approximate surface area is 200 Å². The first kappa shape index (κ1) is 21.5. The maximum absolute atomic E-state index is 11.8. The molecule has 0 aliphatic heterocycles. The second-order valence-electron chi connectivity index (χ2n) is 7.53. The average Bonchev–Trinajstić information content (AvgIpc) is 3.48. The van der Waals surface area contributed by atoms with Crippen LogP contribution in [0.5, 0.6) is 11.5 Å². The summed E-state index contributed by atoms with van der Waals surface area (Å²) in [6.45, 7) is 0. The number of rotatable bonds is 6. The molecule has 0 radical (unpaired) electrons. The standard InChI is InChI=1S/C25H20ClN5O3/c1-27-24(32)22-13-18(7-9-28-22)34-17-4-6-23-21(12-17)30-25(31(23)2)29-16-3-5-20(26)19(11-16)15-8-10-33-14-15/h3-14H,1-2H3,(H,27,32)(H,29,30). The normalized spacial score (nSPS) is 10.9. The van der Waals surface area contributed by atoms with Crippen molar-refractivity contribution in [1.29, 1.82) is 0 Å². The maximum Gasteiger partial charge on any atom is 0.269 e. The van der Waals surface area contributed by atoms with Crippen LogP contribution in [0.4, 0.5) is 11.6 Å². The van der Waals surface area contributed by atoms with Crippen molar-refractivity contribution in [3.63, 3.8) is 0 Å². The largest absolute Gasteiger partial charge is 0.472 e. The summed E-state index contributed by atoms with van der Waals surface area (Å²) in [7, 11) is 3.49. The molecule has 2 aromatic carbocycles. The van der Waals surface area contributed by atoms with Crippen LogP contribution in [0.3, 0.4) is 0 Å². The molecule has 3 heterocycles. The zero-order valence-electron chi connectivity index (χ0n) is 18.4. The fraction of sp³-hybridized carbons (Fsp3) is 0.0800. The summed E-state index contributed by atoms with van der Waals surface area (Å²) in [5.41, 5.74) is 4.57. The summed E-state index contributed by atoms with van der Waals surface area (Å²) in [5, 5.41) is 6.54. The summed E-state index contributed by atoms with van der Waals surface area (Å²) < 4.78 is 13.1. The lowest BCUT2D eigenvalue weighted by atomic mass is 10.1. The molecule has 2 N–H and O–H groups in total. The zero-order valence-corrected chi connectivity index (χ0v) is 19.1. The van der Waals surface area contributed by atoms with E-state index in [0.717, 1.165) is 27.8 Å². The van der Waals surface area contributed by atoms with Gasteiger partial charge in [-0.25, -0.2) is 4.98 Å². The SMILES string of the molecule is CNC(=O)c1cc(Oc2ccc3c(c2)nc(Nc2ccc(Cl)c(-c4ccoc4)c2)n3C)ccn1. The fourth-order valence-corrected chi connectivity index (χ4v) is 3.82. The number of halogens is 1. The number of amides is 1. The predicted molar refractivity (Wildman–Crippen MR) is 131 cm³/mol. The quantitative estimate of drug-likeness (QED) is 0.325. The van der Waals surface area contributed by atoms with Crippen LogP contribution in [-0.2, 0) is 7.05 Å². The molecule has 1 amide bonds. The Morgan fingerprint density at radius 2 is 1.94 bits per heavy atom. The van der Waals surface area contributed by atoms with Crippen molar-refractivity contribution in [3.05, 3.63) is 84.0 Å². The molecule has 0 atom stereocenters. The highest BCUT2D eigenvalue weighted by molar-refractivity contribution is 6.33. The lowest BCUT2D eigenvalue weighted by Gasteiger charge is -2.09. The lowest BCUT2D eigenvalue weighted by molar-refractivity contribution is 0.0958. The first-order valence-corrected chi connectivity index (χ1v) is 10.8. The predicted octanol–water partition coefficient (Wildman–Crippen LogP) is 5.78.